The summed E-state index contributed by atoms with van der Waals surface area (Å²) in [5, 5.41) is 11.5. The van der Waals surface area contributed by atoms with E-state index in [-0.39, 0.29) is 12.4 Å². The number of hydrogen-bond donors (Lipinski definition) is 0. The molecule has 16 heavy (non-hydrogen) atoms. The van der Waals surface area contributed by atoms with Gasteiger partial charge in [-0.25, -0.2) is 4.79 Å². The van der Waals surface area contributed by atoms with Gasteiger partial charge in [0.05, 0.1) is 13.7 Å². The number of methoxy groups -OCH3 is 1. The summed E-state index contributed by atoms with van der Waals surface area (Å²) >= 11 is 0. The number of rotatable bonds is 3. The number of hydrogen-bond acceptors (Lipinski definition) is 6. The van der Waals surface area contributed by atoms with E-state index in [0.717, 1.165) is 0 Å². The van der Waals surface area contributed by atoms with Crippen LogP contribution < -0.4 is 4.74 Å². The van der Waals surface area contributed by atoms with Gasteiger partial charge in [0.1, 0.15) is 0 Å². The highest BCUT2D eigenvalue weighted by Crippen LogP contribution is 2.09. The molecule has 0 amide bonds. The summed E-state index contributed by atoms with van der Waals surface area (Å²) < 4.78 is 11.1. The van der Waals surface area contributed by atoms with Crippen LogP contribution in [-0.2, 0) is 4.74 Å². The predicted octanol–water partition coefficient (Wildman–Crippen LogP) is 0.310. The van der Waals surface area contributed by atoms with Crippen molar-refractivity contribution in [3.63, 3.8) is 0 Å². The number of aromatic nitrogens is 4. The largest absolute Gasteiger partial charge is 0.480 e. The molecule has 0 fully saturated rings. The second-order valence-electron chi connectivity index (χ2n) is 2.89. The molecule has 0 saturated heterocycles. The average Bonchev–Trinajstić information content (AvgIpc) is 2.71. The monoisotopic (exact) mass is 222 g/mol. The fourth-order valence-corrected chi connectivity index (χ4v) is 1.20. The molecule has 0 aliphatic heterocycles. The van der Waals surface area contributed by atoms with Crippen LogP contribution in [-0.4, -0.2) is 39.5 Å². The molecule has 7 heteroatoms. The lowest BCUT2D eigenvalue weighted by Crippen LogP contribution is -2.11. The molecule has 0 unspecified atom stereocenters. The maximum atomic E-state index is 11.5. The van der Waals surface area contributed by atoms with Gasteiger partial charge in [-0.3, -0.25) is 0 Å². The van der Waals surface area contributed by atoms with E-state index in [1.807, 2.05) is 0 Å². The van der Waals surface area contributed by atoms with E-state index in [2.05, 4.69) is 15.3 Å². The molecule has 2 heterocycles. The fraction of sp³-hybridized carbons (Fsp3) is 0.333. The lowest BCUT2D eigenvalue weighted by Gasteiger charge is -2.00. The van der Waals surface area contributed by atoms with Crippen LogP contribution in [0.1, 0.15) is 17.5 Å². The standard InChI is InChI=1S/C9H10N4O3/c1-3-16-9(14)8-11-10-6-4-5-7(15-2)12-13(6)8/h4-5H,3H2,1-2H3. The second kappa shape index (κ2) is 4.13. The Bertz CT molecular complexity index is 522. The van der Waals surface area contributed by atoms with Crippen molar-refractivity contribution < 1.29 is 14.3 Å². The van der Waals surface area contributed by atoms with E-state index in [1.165, 1.54) is 11.6 Å². The zero-order valence-electron chi connectivity index (χ0n) is 8.88. The Morgan fingerprint density at radius 1 is 1.44 bits per heavy atom. The van der Waals surface area contributed by atoms with Crippen molar-refractivity contribution in [3.05, 3.63) is 18.0 Å². The molecule has 0 aliphatic rings. The highest BCUT2D eigenvalue weighted by atomic mass is 16.5. The summed E-state index contributed by atoms with van der Waals surface area (Å²) in [5.74, 6) is -0.149. The molecular weight excluding hydrogens is 212 g/mol. The van der Waals surface area contributed by atoms with Gasteiger partial charge in [-0.05, 0) is 13.0 Å². The van der Waals surface area contributed by atoms with E-state index in [1.54, 1.807) is 19.1 Å². The molecule has 0 aliphatic carbocycles. The van der Waals surface area contributed by atoms with Crippen molar-refractivity contribution in [2.45, 2.75) is 6.92 Å². The van der Waals surface area contributed by atoms with Gasteiger partial charge in [0, 0.05) is 6.07 Å². The average molecular weight is 222 g/mol. The molecule has 0 bridgehead atoms. The normalized spacial score (nSPS) is 10.4. The molecule has 2 aromatic rings. The lowest BCUT2D eigenvalue weighted by atomic mass is 10.5. The van der Waals surface area contributed by atoms with Crippen LogP contribution in [0.15, 0.2) is 12.1 Å². The minimum atomic E-state index is -0.559. The zero-order chi connectivity index (χ0) is 11.5. The first-order valence-electron chi connectivity index (χ1n) is 4.70. The van der Waals surface area contributed by atoms with Gasteiger partial charge in [-0.15, -0.1) is 15.3 Å². The molecule has 2 aromatic heterocycles. The maximum absolute atomic E-state index is 11.5. The third kappa shape index (κ3) is 1.67. The van der Waals surface area contributed by atoms with Gasteiger partial charge in [0.25, 0.3) is 5.82 Å². The Hall–Kier alpha value is -2.18. The van der Waals surface area contributed by atoms with Crippen LogP contribution in [0.4, 0.5) is 0 Å². The van der Waals surface area contributed by atoms with Crippen LogP contribution >= 0.6 is 0 Å². The van der Waals surface area contributed by atoms with E-state index >= 15 is 0 Å². The van der Waals surface area contributed by atoms with E-state index in [9.17, 15) is 4.79 Å². The minimum absolute atomic E-state index is 0.0377. The first kappa shape index (κ1) is 10.3. The summed E-state index contributed by atoms with van der Waals surface area (Å²) in [6.07, 6.45) is 0. The molecule has 0 radical (unpaired) electrons. The van der Waals surface area contributed by atoms with Crippen LogP contribution in [0.5, 0.6) is 5.88 Å². The molecule has 0 aromatic carbocycles. The van der Waals surface area contributed by atoms with E-state index in [0.29, 0.717) is 11.5 Å². The van der Waals surface area contributed by atoms with Crippen molar-refractivity contribution in [1.29, 1.82) is 0 Å². The lowest BCUT2D eigenvalue weighted by molar-refractivity contribution is 0.0508. The SMILES string of the molecule is CCOC(=O)c1nnc2ccc(OC)nn12. The van der Waals surface area contributed by atoms with Crippen LogP contribution in [0.2, 0.25) is 0 Å². The molecule has 7 nitrogen and oxygen atoms in total. The Morgan fingerprint density at radius 2 is 2.25 bits per heavy atom. The summed E-state index contributed by atoms with van der Waals surface area (Å²) in [5.41, 5.74) is 0.462. The van der Waals surface area contributed by atoms with E-state index in [4.69, 9.17) is 9.47 Å². The molecule has 0 atom stereocenters. The highest BCUT2D eigenvalue weighted by molar-refractivity contribution is 5.86. The topological polar surface area (TPSA) is 78.6 Å². The summed E-state index contributed by atoms with van der Waals surface area (Å²) in [7, 11) is 1.49. The second-order valence-corrected chi connectivity index (χ2v) is 2.89. The Labute approximate surface area is 91.0 Å². The van der Waals surface area contributed by atoms with Crippen molar-refractivity contribution in [1.82, 2.24) is 19.8 Å². The number of ether oxygens (including phenoxy) is 2. The van der Waals surface area contributed by atoms with Gasteiger partial charge >= 0.3 is 5.97 Å². The number of nitrogens with zero attached hydrogens (tertiary/aromatic N) is 4. The van der Waals surface area contributed by atoms with Gasteiger partial charge in [0.15, 0.2) is 5.65 Å². The number of fused-ring (bicyclic) bond motifs is 1. The molecular formula is C9H10N4O3. The highest BCUT2D eigenvalue weighted by Gasteiger charge is 2.16. The molecule has 84 valence electrons. The molecule has 2 rings (SSSR count). The Morgan fingerprint density at radius 3 is 2.94 bits per heavy atom. The van der Waals surface area contributed by atoms with Gasteiger partial charge in [-0.1, -0.05) is 0 Å². The van der Waals surface area contributed by atoms with Crippen LogP contribution in [0, 0.1) is 0 Å². The van der Waals surface area contributed by atoms with Crippen LogP contribution in [0.25, 0.3) is 5.65 Å². The van der Waals surface area contributed by atoms with Gasteiger partial charge in [0.2, 0.25) is 5.88 Å². The summed E-state index contributed by atoms with van der Waals surface area (Å²) in [6.45, 7) is 1.99. The first-order valence-corrected chi connectivity index (χ1v) is 4.70. The Balaban J connectivity index is 2.49. The summed E-state index contributed by atoms with van der Waals surface area (Å²) in [6, 6.07) is 3.29. The fourth-order valence-electron chi connectivity index (χ4n) is 1.20. The smallest absolute Gasteiger partial charge is 0.378 e. The van der Waals surface area contributed by atoms with Crippen molar-refractivity contribution >= 4 is 11.6 Å². The zero-order valence-corrected chi connectivity index (χ0v) is 8.88. The molecule has 0 N–H and O–H groups in total. The van der Waals surface area contributed by atoms with Crippen molar-refractivity contribution in [3.8, 4) is 5.88 Å². The number of carbonyl (C=O) groups excluding carboxylic acids is 1. The van der Waals surface area contributed by atoms with Crippen LogP contribution in [0.3, 0.4) is 0 Å². The van der Waals surface area contributed by atoms with E-state index < -0.39 is 5.97 Å². The van der Waals surface area contributed by atoms with Gasteiger partial charge in [-0.2, -0.15) is 4.52 Å². The Kier molecular flexibility index (Phi) is 2.67. The third-order valence-corrected chi connectivity index (χ3v) is 1.91. The molecule has 0 saturated carbocycles. The predicted molar refractivity (Wildman–Crippen MR) is 53.3 cm³/mol. The minimum Gasteiger partial charge on any atom is -0.480 e. The third-order valence-electron chi connectivity index (χ3n) is 1.91. The number of carbonyl (C=O) groups is 1. The number of esters is 1. The van der Waals surface area contributed by atoms with Crippen molar-refractivity contribution in [2.24, 2.45) is 0 Å². The summed E-state index contributed by atoms with van der Waals surface area (Å²) in [4.78, 5) is 11.5. The quantitative estimate of drug-likeness (QED) is 0.695. The van der Waals surface area contributed by atoms with Crippen molar-refractivity contribution in [2.75, 3.05) is 13.7 Å². The first-order chi connectivity index (χ1) is 7.76. The molecule has 0 spiro atoms. The van der Waals surface area contributed by atoms with Gasteiger partial charge < -0.3 is 9.47 Å². The maximum Gasteiger partial charge on any atom is 0.378 e.